The maximum absolute atomic E-state index is 11.4. The first-order chi connectivity index (χ1) is 9.60. The van der Waals surface area contributed by atoms with Crippen molar-refractivity contribution in [1.82, 2.24) is 4.98 Å². The molecule has 1 saturated carbocycles. The van der Waals surface area contributed by atoms with Crippen molar-refractivity contribution in [2.75, 3.05) is 7.11 Å². The van der Waals surface area contributed by atoms with Gasteiger partial charge in [-0.25, -0.2) is 4.98 Å². The standard InChI is InChI=1S/C13H16N2O5/c1-19-13(16)9-2-5-11(6-3-9)20-12-7-4-10(8-14-12)15(17)18/h4,7-9,11H,2-3,5-6H2,1H3/t9-,11-. The van der Waals surface area contributed by atoms with Crippen molar-refractivity contribution >= 4 is 11.7 Å². The van der Waals surface area contributed by atoms with Crippen LogP contribution in [0.4, 0.5) is 5.69 Å². The first kappa shape index (κ1) is 14.2. The molecule has 0 bridgehead atoms. The van der Waals surface area contributed by atoms with Gasteiger partial charge in [-0.2, -0.15) is 0 Å². The highest BCUT2D eigenvalue weighted by molar-refractivity contribution is 5.72. The molecular formula is C13H16N2O5. The lowest BCUT2D eigenvalue weighted by Crippen LogP contribution is -2.28. The van der Waals surface area contributed by atoms with Crippen LogP contribution < -0.4 is 4.74 Å². The number of pyridine rings is 1. The van der Waals surface area contributed by atoms with Crippen molar-refractivity contribution in [3.8, 4) is 5.88 Å². The molecule has 0 radical (unpaired) electrons. The van der Waals surface area contributed by atoms with Crippen LogP contribution in [0.1, 0.15) is 25.7 Å². The first-order valence-electron chi connectivity index (χ1n) is 6.45. The molecule has 2 rings (SSSR count). The van der Waals surface area contributed by atoms with Crippen LogP contribution in [0.15, 0.2) is 18.3 Å². The van der Waals surface area contributed by atoms with Crippen molar-refractivity contribution in [3.63, 3.8) is 0 Å². The Hall–Kier alpha value is -2.18. The fourth-order valence-corrected chi connectivity index (χ4v) is 2.30. The average Bonchev–Trinajstić information content (AvgIpc) is 2.48. The molecule has 0 N–H and O–H groups in total. The summed E-state index contributed by atoms with van der Waals surface area (Å²) in [4.78, 5) is 25.3. The molecule has 1 heterocycles. The molecule has 0 atom stereocenters. The monoisotopic (exact) mass is 280 g/mol. The van der Waals surface area contributed by atoms with E-state index in [1.807, 2.05) is 0 Å². The summed E-state index contributed by atoms with van der Waals surface area (Å²) in [6.07, 6.45) is 4.12. The highest BCUT2D eigenvalue weighted by atomic mass is 16.6. The molecule has 1 aromatic rings. The van der Waals surface area contributed by atoms with E-state index in [0.29, 0.717) is 5.88 Å². The van der Waals surface area contributed by atoms with Crippen LogP contribution in [0.2, 0.25) is 0 Å². The minimum absolute atomic E-state index is 0.00939. The lowest BCUT2D eigenvalue weighted by molar-refractivity contribution is -0.385. The van der Waals surface area contributed by atoms with Crippen LogP contribution in [0.25, 0.3) is 0 Å². The topological polar surface area (TPSA) is 91.6 Å². The summed E-state index contributed by atoms with van der Waals surface area (Å²) in [6, 6.07) is 2.85. The fraction of sp³-hybridized carbons (Fsp3) is 0.538. The number of methoxy groups -OCH3 is 1. The van der Waals surface area contributed by atoms with E-state index in [-0.39, 0.29) is 23.7 Å². The lowest BCUT2D eigenvalue weighted by Gasteiger charge is -2.26. The van der Waals surface area contributed by atoms with Crippen LogP contribution >= 0.6 is 0 Å². The summed E-state index contributed by atoms with van der Waals surface area (Å²) < 4.78 is 10.4. The number of rotatable bonds is 4. The maximum Gasteiger partial charge on any atom is 0.308 e. The summed E-state index contributed by atoms with van der Waals surface area (Å²) in [5.41, 5.74) is -0.0632. The van der Waals surface area contributed by atoms with E-state index >= 15 is 0 Å². The Morgan fingerprint density at radius 2 is 2.05 bits per heavy atom. The van der Waals surface area contributed by atoms with Crippen LogP contribution in [-0.4, -0.2) is 29.1 Å². The molecule has 108 valence electrons. The number of ether oxygens (including phenoxy) is 2. The van der Waals surface area contributed by atoms with Crippen LogP contribution in [0.3, 0.4) is 0 Å². The summed E-state index contributed by atoms with van der Waals surface area (Å²) in [5.74, 6) is 0.152. The maximum atomic E-state index is 11.4. The molecule has 0 unspecified atom stereocenters. The van der Waals surface area contributed by atoms with Gasteiger partial charge in [0.1, 0.15) is 12.3 Å². The number of nitro groups is 1. The van der Waals surface area contributed by atoms with Crippen LogP contribution in [0, 0.1) is 16.0 Å². The van der Waals surface area contributed by atoms with Crippen molar-refractivity contribution in [3.05, 3.63) is 28.4 Å². The SMILES string of the molecule is COC(=O)[C@H]1CC[C@H](Oc2ccc([N+](=O)[O-])cn2)CC1. The minimum Gasteiger partial charge on any atom is -0.474 e. The van der Waals surface area contributed by atoms with Crippen LogP contribution in [0.5, 0.6) is 5.88 Å². The van der Waals surface area contributed by atoms with E-state index in [2.05, 4.69) is 4.98 Å². The van der Waals surface area contributed by atoms with Crippen molar-refractivity contribution < 1.29 is 19.2 Å². The molecule has 1 aromatic heterocycles. The molecule has 7 heteroatoms. The smallest absolute Gasteiger partial charge is 0.308 e. The van der Waals surface area contributed by atoms with Crippen LogP contribution in [-0.2, 0) is 9.53 Å². The molecule has 7 nitrogen and oxygen atoms in total. The predicted octanol–water partition coefficient (Wildman–Crippen LogP) is 2.10. The Morgan fingerprint density at radius 1 is 1.35 bits per heavy atom. The Balaban J connectivity index is 1.86. The van der Waals surface area contributed by atoms with E-state index in [9.17, 15) is 14.9 Å². The van der Waals surface area contributed by atoms with Gasteiger partial charge in [0.15, 0.2) is 0 Å². The van der Waals surface area contributed by atoms with E-state index in [4.69, 9.17) is 9.47 Å². The van der Waals surface area contributed by atoms with Gasteiger partial charge in [0, 0.05) is 12.1 Å². The van der Waals surface area contributed by atoms with E-state index < -0.39 is 4.92 Å². The van der Waals surface area contributed by atoms with Gasteiger partial charge >= 0.3 is 5.97 Å². The molecule has 0 aromatic carbocycles. The number of carbonyl (C=O) groups is 1. The van der Waals surface area contributed by atoms with E-state index in [1.54, 1.807) is 0 Å². The predicted molar refractivity (Wildman–Crippen MR) is 69.3 cm³/mol. The molecule has 1 aliphatic carbocycles. The summed E-state index contributed by atoms with van der Waals surface area (Å²) in [6.45, 7) is 0. The Labute approximate surface area is 116 Å². The second kappa shape index (κ2) is 6.31. The molecule has 0 saturated heterocycles. The lowest BCUT2D eigenvalue weighted by atomic mass is 9.87. The largest absolute Gasteiger partial charge is 0.474 e. The number of aromatic nitrogens is 1. The van der Waals surface area contributed by atoms with Gasteiger partial charge in [-0.05, 0) is 25.7 Å². The minimum atomic E-state index is -0.502. The number of esters is 1. The zero-order chi connectivity index (χ0) is 14.5. The molecule has 1 aliphatic rings. The molecular weight excluding hydrogens is 264 g/mol. The summed E-state index contributed by atoms with van der Waals surface area (Å²) in [7, 11) is 1.39. The highest BCUT2D eigenvalue weighted by Gasteiger charge is 2.28. The normalized spacial score (nSPS) is 22.1. The fourth-order valence-electron chi connectivity index (χ4n) is 2.30. The number of hydrogen-bond acceptors (Lipinski definition) is 6. The third-order valence-electron chi connectivity index (χ3n) is 3.43. The number of nitrogens with zero attached hydrogens (tertiary/aromatic N) is 2. The zero-order valence-electron chi connectivity index (χ0n) is 11.2. The van der Waals surface area contributed by atoms with Gasteiger partial charge in [0.25, 0.3) is 5.69 Å². The molecule has 0 spiro atoms. The van der Waals surface area contributed by atoms with E-state index in [1.165, 1.54) is 25.4 Å². The van der Waals surface area contributed by atoms with E-state index in [0.717, 1.165) is 25.7 Å². The number of carbonyl (C=O) groups excluding carboxylic acids is 1. The Morgan fingerprint density at radius 3 is 2.55 bits per heavy atom. The van der Waals surface area contributed by atoms with Gasteiger partial charge in [-0.15, -0.1) is 0 Å². The molecule has 0 aliphatic heterocycles. The Bertz CT molecular complexity index is 480. The third-order valence-corrected chi connectivity index (χ3v) is 3.43. The second-order valence-electron chi connectivity index (χ2n) is 4.73. The van der Waals surface area contributed by atoms with Gasteiger partial charge in [-0.1, -0.05) is 0 Å². The van der Waals surface area contributed by atoms with Gasteiger partial charge in [0.2, 0.25) is 5.88 Å². The Kier molecular flexibility index (Phi) is 4.49. The molecule has 0 amide bonds. The quantitative estimate of drug-likeness (QED) is 0.476. The average molecular weight is 280 g/mol. The van der Waals surface area contributed by atoms with Crippen molar-refractivity contribution in [2.45, 2.75) is 31.8 Å². The highest BCUT2D eigenvalue weighted by Crippen LogP contribution is 2.28. The van der Waals surface area contributed by atoms with Crippen molar-refractivity contribution in [1.29, 1.82) is 0 Å². The summed E-state index contributed by atoms with van der Waals surface area (Å²) in [5, 5.41) is 10.5. The summed E-state index contributed by atoms with van der Waals surface area (Å²) >= 11 is 0. The number of hydrogen-bond donors (Lipinski definition) is 0. The van der Waals surface area contributed by atoms with Gasteiger partial charge in [0.05, 0.1) is 18.0 Å². The van der Waals surface area contributed by atoms with Gasteiger partial charge in [-0.3, -0.25) is 14.9 Å². The van der Waals surface area contributed by atoms with Crippen molar-refractivity contribution in [2.24, 2.45) is 5.92 Å². The van der Waals surface area contributed by atoms with Gasteiger partial charge < -0.3 is 9.47 Å². The second-order valence-corrected chi connectivity index (χ2v) is 4.73. The molecule has 20 heavy (non-hydrogen) atoms. The first-order valence-corrected chi connectivity index (χ1v) is 6.45. The molecule has 1 fully saturated rings. The third kappa shape index (κ3) is 3.43. The zero-order valence-corrected chi connectivity index (χ0v) is 11.2.